The van der Waals surface area contributed by atoms with Gasteiger partial charge in [-0.3, -0.25) is 0 Å². The summed E-state index contributed by atoms with van der Waals surface area (Å²) in [5, 5.41) is 0. The molecule has 0 aromatic rings. The van der Waals surface area contributed by atoms with E-state index in [0.29, 0.717) is 51.3 Å². The minimum atomic E-state index is -2.78. The molecule has 32 heavy (non-hydrogen) atoms. The fourth-order valence-corrected chi connectivity index (χ4v) is 24.5. The summed E-state index contributed by atoms with van der Waals surface area (Å²) in [5.74, 6) is 0. The SMILES string of the molecule is CCCOC[Si]1(C)O[Si](C)(COCCC)O[Si](C)(COCCC)O[Si](C)(COCCC)O1. The van der Waals surface area contributed by atoms with E-state index >= 15 is 0 Å². The lowest BCUT2D eigenvalue weighted by molar-refractivity contribution is 0.0901. The third-order valence-electron chi connectivity index (χ3n) is 4.58. The molecule has 0 aliphatic carbocycles. The first-order valence-electron chi connectivity index (χ1n) is 12.2. The molecule has 192 valence electrons. The standard InChI is InChI=1S/C20H48O8Si4/c1-9-13-21-17-29(5)25-30(6,18-22-14-10-2)27-32(8,20-24-16-12-4)28-31(7,26-29)19-23-15-11-3/h9-20H2,1-8H3. The summed E-state index contributed by atoms with van der Waals surface area (Å²) < 4.78 is 51.1. The molecule has 0 atom stereocenters. The van der Waals surface area contributed by atoms with Gasteiger partial charge in [-0.05, 0) is 51.9 Å². The lowest BCUT2D eigenvalue weighted by Crippen LogP contribution is -2.72. The molecule has 0 spiro atoms. The number of hydrogen-bond acceptors (Lipinski definition) is 8. The summed E-state index contributed by atoms with van der Waals surface area (Å²) in [6, 6.07) is 0. The van der Waals surface area contributed by atoms with Crippen molar-refractivity contribution in [3.63, 3.8) is 0 Å². The van der Waals surface area contributed by atoms with Crippen LogP contribution in [0.3, 0.4) is 0 Å². The molecule has 0 saturated carbocycles. The van der Waals surface area contributed by atoms with Gasteiger partial charge < -0.3 is 35.4 Å². The summed E-state index contributed by atoms with van der Waals surface area (Å²) in [6.45, 7) is 19.3. The van der Waals surface area contributed by atoms with Crippen molar-refractivity contribution < 1.29 is 35.4 Å². The van der Waals surface area contributed by atoms with Crippen LogP contribution in [0.2, 0.25) is 26.2 Å². The van der Waals surface area contributed by atoms with Crippen LogP contribution in [0, 0.1) is 0 Å². The molecule has 0 bridgehead atoms. The van der Waals surface area contributed by atoms with Crippen molar-refractivity contribution >= 4 is 34.2 Å². The molecule has 0 unspecified atom stereocenters. The molecule has 8 nitrogen and oxygen atoms in total. The van der Waals surface area contributed by atoms with Crippen molar-refractivity contribution in [3.05, 3.63) is 0 Å². The van der Waals surface area contributed by atoms with Gasteiger partial charge in [-0.25, -0.2) is 0 Å². The van der Waals surface area contributed by atoms with Crippen LogP contribution in [0.5, 0.6) is 0 Å². The fourth-order valence-electron chi connectivity index (χ4n) is 3.75. The zero-order valence-corrected chi connectivity index (χ0v) is 25.8. The molecule has 1 aliphatic rings. The van der Waals surface area contributed by atoms with Gasteiger partial charge in [0, 0.05) is 26.4 Å². The van der Waals surface area contributed by atoms with Crippen molar-refractivity contribution in [3.8, 4) is 0 Å². The first kappa shape index (κ1) is 30.6. The summed E-state index contributed by atoms with van der Waals surface area (Å²) >= 11 is 0. The van der Waals surface area contributed by atoms with Crippen molar-refractivity contribution in [2.75, 3.05) is 51.3 Å². The zero-order valence-electron chi connectivity index (χ0n) is 21.8. The minimum absolute atomic E-state index is 0.435. The second-order valence-electron chi connectivity index (χ2n) is 9.15. The number of rotatable bonds is 16. The molecule has 12 heteroatoms. The molecule has 1 aliphatic heterocycles. The predicted octanol–water partition coefficient (Wildman–Crippen LogP) is 4.22. The van der Waals surface area contributed by atoms with Crippen LogP contribution in [0.15, 0.2) is 0 Å². The Morgan fingerprint density at radius 3 is 0.750 bits per heavy atom. The van der Waals surface area contributed by atoms with E-state index in [4.69, 9.17) is 35.4 Å². The Bertz CT molecular complexity index is 418. The molecule has 1 fully saturated rings. The van der Waals surface area contributed by atoms with E-state index in [-0.39, 0.29) is 0 Å². The Kier molecular flexibility index (Phi) is 14.2. The molecule has 0 amide bonds. The van der Waals surface area contributed by atoms with Crippen LogP contribution in [0.25, 0.3) is 0 Å². The highest BCUT2D eigenvalue weighted by Crippen LogP contribution is 2.32. The average molecular weight is 529 g/mol. The second kappa shape index (κ2) is 14.8. The third-order valence-corrected chi connectivity index (χ3v) is 21.3. The molecule has 0 N–H and O–H groups in total. The van der Waals surface area contributed by atoms with E-state index in [0.717, 1.165) is 25.7 Å². The highest BCUT2D eigenvalue weighted by Gasteiger charge is 2.58. The van der Waals surface area contributed by atoms with Crippen molar-refractivity contribution in [2.24, 2.45) is 0 Å². The Morgan fingerprint density at radius 2 is 0.594 bits per heavy atom. The first-order valence-corrected chi connectivity index (χ1v) is 22.3. The minimum Gasteiger partial charge on any atom is -0.413 e. The normalized spacial score (nSPS) is 33.8. The average Bonchev–Trinajstić information content (AvgIpc) is 2.67. The van der Waals surface area contributed by atoms with Crippen LogP contribution in [0.1, 0.15) is 53.4 Å². The zero-order chi connectivity index (χ0) is 24.1. The summed E-state index contributed by atoms with van der Waals surface area (Å²) in [7, 11) is -11.1. The topological polar surface area (TPSA) is 73.8 Å². The largest absolute Gasteiger partial charge is 0.413 e. The van der Waals surface area contributed by atoms with E-state index in [2.05, 4.69) is 53.9 Å². The molecular formula is C20H48O8Si4. The maximum atomic E-state index is 6.82. The van der Waals surface area contributed by atoms with Gasteiger partial charge in [-0.15, -0.1) is 0 Å². The van der Waals surface area contributed by atoms with Gasteiger partial charge in [0.05, 0.1) is 24.9 Å². The molecule has 0 radical (unpaired) electrons. The van der Waals surface area contributed by atoms with Gasteiger partial charge in [0.15, 0.2) is 0 Å². The van der Waals surface area contributed by atoms with E-state index in [1.165, 1.54) is 0 Å². The molecule has 1 rings (SSSR count). The van der Waals surface area contributed by atoms with E-state index in [1.54, 1.807) is 0 Å². The summed E-state index contributed by atoms with van der Waals surface area (Å²) in [4.78, 5) is 0. The van der Waals surface area contributed by atoms with E-state index < -0.39 is 34.2 Å². The quantitative estimate of drug-likeness (QED) is 0.218. The molecule has 1 heterocycles. The van der Waals surface area contributed by atoms with Gasteiger partial charge in [0.25, 0.3) is 0 Å². The van der Waals surface area contributed by atoms with Gasteiger partial charge in [0.1, 0.15) is 0 Å². The fraction of sp³-hybridized carbons (Fsp3) is 1.00. The van der Waals surface area contributed by atoms with E-state index in [9.17, 15) is 0 Å². The maximum Gasteiger partial charge on any atom is 0.344 e. The molecule has 0 aromatic heterocycles. The monoisotopic (exact) mass is 528 g/mol. The van der Waals surface area contributed by atoms with Gasteiger partial charge in [0.2, 0.25) is 0 Å². The highest BCUT2D eigenvalue weighted by atomic mass is 28.5. The van der Waals surface area contributed by atoms with Crippen molar-refractivity contribution in [1.82, 2.24) is 0 Å². The predicted molar refractivity (Wildman–Crippen MR) is 135 cm³/mol. The second-order valence-corrected chi connectivity index (χ2v) is 22.6. The third kappa shape index (κ3) is 11.3. The summed E-state index contributed by atoms with van der Waals surface area (Å²) in [5.41, 5.74) is 0. The summed E-state index contributed by atoms with van der Waals surface area (Å²) in [6.07, 6.45) is 5.52. The molecule has 0 aromatic carbocycles. The lowest BCUT2D eigenvalue weighted by Gasteiger charge is -2.49. The Balaban J connectivity index is 3.21. The van der Waals surface area contributed by atoms with Crippen molar-refractivity contribution in [2.45, 2.75) is 79.6 Å². The molecule has 1 saturated heterocycles. The highest BCUT2D eigenvalue weighted by molar-refractivity contribution is 6.93. The lowest BCUT2D eigenvalue weighted by atomic mass is 10.5. The Labute approximate surface area is 200 Å². The van der Waals surface area contributed by atoms with Gasteiger partial charge >= 0.3 is 34.2 Å². The van der Waals surface area contributed by atoms with Crippen LogP contribution in [-0.4, -0.2) is 85.6 Å². The van der Waals surface area contributed by atoms with Crippen LogP contribution >= 0.6 is 0 Å². The number of hydrogen-bond donors (Lipinski definition) is 0. The smallest absolute Gasteiger partial charge is 0.344 e. The molecular weight excluding hydrogens is 481 g/mol. The van der Waals surface area contributed by atoms with Crippen molar-refractivity contribution in [1.29, 1.82) is 0 Å². The van der Waals surface area contributed by atoms with Crippen LogP contribution in [0.4, 0.5) is 0 Å². The number of ether oxygens (including phenoxy) is 4. The van der Waals surface area contributed by atoms with Crippen LogP contribution < -0.4 is 0 Å². The van der Waals surface area contributed by atoms with Gasteiger partial charge in [-0.1, -0.05) is 27.7 Å². The Morgan fingerprint density at radius 1 is 0.406 bits per heavy atom. The Hall–Kier alpha value is 0.548. The van der Waals surface area contributed by atoms with E-state index in [1.807, 2.05) is 0 Å². The van der Waals surface area contributed by atoms with Crippen LogP contribution in [-0.2, 0) is 35.4 Å². The maximum absolute atomic E-state index is 6.82. The first-order chi connectivity index (χ1) is 15.1. The van der Waals surface area contributed by atoms with Gasteiger partial charge in [-0.2, -0.15) is 0 Å².